The summed E-state index contributed by atoms with van der Waals surface area (Å²) in [6.45, 7) is 1.37. The number of pyridine rings is 1. The average Bonchev–Trinajstić information content (AvgIpc) is 3.08. The van der Waals surface area contributed by atoms with Crippen LogP contribution in [0.25, 0.3) is 11.3 Å². The number of aromatic nitrogens is 2. The molecule has 1 aromatic carbocycles. The summed E-state index contributed by atoms with van der Waals surface area (Å²) in [6, 6.07) is 7.62. The molecule has 0 saturated heterocycles. The second-order valence-electron chi connectivity index (χ2n) is 6.43. The zero-order valence-electron chi connectivity index (χ0n) is 15.5. The minimum atomic E-state index is -4.29. The molecule has 1 N–H and O–H groups in total. The number of rotatable bonds is 5. The molecule has 2 aromatic heterocycles. The minimum absolute atomic E-state index is 0. The topological polar surface area (TPSA) is 92.5 Å². The molecule has 3 aromatic rings. The zero-order chi connectivity index (χ0) is 21.3. The molecule has 1 amide bonds. The van der Waals surface area contributed by atoms with Crippen molar-refractivity contribution in [2.24, 2.45) is 0 Å². The van der Waals surface area contributed by atoms with Gasteiger partial charge in [0.15, 0.2) is 0 Å². The van der Waals surface area contributed by atoms with Gasteiger partial charge in [0.2, 0.25) is 5.95 Å². The normalized spacial score (nSPS) is 11.1. The van der Waals surface area contributed by atoms with Crippen molar-refractivity contribution in [1.29, 1.82) is 0 Å². The molecule has 2 heterocycles. The number of halogens is 2. The van der Waals surface area contributed by atoms with Gasteiger partial charge in [0, 0.05) is 19.4 Å². The van der Waals surface area contributed by atoms with E-state index in [9.17, 15) is 22.0 Å². The van der Waals surface area contributed by atoms with Crippen molar-refractivity contribution in [1.82, 2.24) is 13.9 Å². The summed E-state index contributed by atoms with van der Waals surface area (Å²) in [5.41, 5.74) is 0.446. The third-order valence-corrected chi connectivity index (χ3v) is 5.99. The van der Waals surface area contributed by atoms with Gasteiger partial charge in [-0.05, 0) is 48.4 Å². The van der Waals surface area contributed by atoms with Gasteiger partial charge in [-0.3, -0.25) is 0 Å². The van der Waals surface area contributed by atoms with Crippen LogP contribution in [0.2, 0.25) is 0 Å². The molecular weight excluding hydrogens is 427 g/mol. The van der Waals surface area contributed by atoms with Crippen molar-refractivity contribution in [3.8, 4) is 11.3 Å². The Labute approximate surface area is 194 Å². The van der Waals surface area contributed by atoms with Gasteiger partial charge in [0.1, 0.15) is 5.82 Å². The van der Waals surface area contributed by atoms with Crippen LogP contribution in [0.1, 0.15) is 11.1 Å². The first kappa shape index (κ1) is 24.0. The quantitative estimate of drug-likeness (QED) is 0.482. The number of carbonyl (C=O) groups is 1. The molecule has 0 aliphatic rings. The number of aryl methyl sites for hydroxylation is 1. The number of carboxylic acid groups (broad SMARTS) is 1. The summed E-state index contributed by atoms with van der Waals surface area (Å²) >= 11 is 0. The third-order valence-electron chi connectivity index (χ3n) is 4.32. The first-order chi connectivity index (χ1) is 13.6. The molecule has 11 heteroatoms. The van der Waals surface area contributed by atoms with Crippen molar-refractivity contribution in [2.45, 2.75) is 18.4 Å². The second kappa shape index (κ2) is 9.25. The predicted molar refractivity (Wildman–Crippen MR) is 108 cm³/mol. The summed E-state index contributed by atoms with van der Waals surface area (Å²) in [4.78, 5) is 15.3. The van der Waals surface area contributed by atoms with Gasteiger partial charge in [0.05, 0.1) is 22.7 Å². The maximum atomic E-state index is 14.3. The summed E-state index contributed by atoms with van der Waals surface area (Å²) in [5, 5.41) is 9.06. The van der Waals surface area contributed by atoms with Gasteiger partial charge in [-0.15, -0.1) is 0 Å². The van der Waals surface area contributed by atoms with E-state index in [1.54, 1.807) is 0 Å². The molecule has 0 atom stereocenters. The number of hydrogen-bond donors (Lipinski definition) is 1. The first-order valence-electron chi connectivity index (χ1n) is 8.39. The van der Waals surface area contributed by atoms with Crippen LogP contribution in [0.5, 0.6) is 0 Å². The average molecular weight is 445 g/mol. The van der Waals surface area contributed by atoms with Crippen LogP contribution in [-0.4, -0.2) is 70.1 Å². The van der Waals surface area contributed by atoms with Gasteiger partial charge in [-0.1, -0.05) is 6.07 Å². The Bertz CT molecular complexity index is 1200. The van der Waals surface area contributed by atoms with Crippen LogP contribution in [0.3, 0.4) is 0 Å². The number of hydrogen-bond acceptors (Lipinski definition) is 4. The van der Waals surface area contributed by atoms with Gasteiger partial charge in [0.25, 0.3) is 10.0 Å². The fraction of sp³-hybridized carbons (Fsp3) is 0.158. The van der Waals surface area contributed by atoms with E-state index in [1.165, 1.54) is 56.7 Å². The van der Waals surface area contributed by atoms with Crippen molar-refractivity contribution >= 4 is 45.7 Å². The fourth-order valence-corrected chi connectivity index (χ4v) is 4.15. The van der Waals surface area contributed by atoms with Crippen molar-refractivity contribution in [3.05, 3.63) is 71.7 Å². The number of amides is 1. The molecule has 0 fully saturated rings. The van der Waals surface area contributed by atoms with E-state index in [1.807, 2.05) is 0 Å². The van der Waals surface area contributed by atoms with Crippen LogP contribution in [0, 0.1) is 18.7 Å². The number of nitrogens with zero attached hydrogens (tertiary/aromatic N) is 3. The van der Waals surface area contributed by atoms with Gasteiger partial charge in [-0.25, -0.2) is 26.6 Å². The summed E-state index contributed by atoms with van der Waals surface area (Å²) in [5.74, 6) is -1.59. The molecule has 3 rings (SSSR count). The Morgan fingerprint density at radius 1 is 1.23 bits per heavy atom. The molecule has 0 unspecified atom stereocenters. The fourth-order valence-electron chi connectivity index (χ4n) is 2.74. The predicted octanol–water partition coefficient (Wildman–Crippen LogP) is 2.84. The Kier molecular flexibility index (Phi) is 7.40. The Morgan fingerprint density at radius 2 is 1.93 bits per heavy atom. The van der Waals surface area contributed by atoms with E-state index < -0.39 is 27.9 Å². The summed E-state index contributed by atoms with van der Waals surface area (Å²) in [7, 11) is -2.98. The van der Waals surface area contributed by atoms with Crippen LogP contribution in [0.4, 0.5) is 13.6 Å². The Balaban J connectivity index is 0.00000320. The number of benzene rings is 1. The van der Waals surface area contributed by atoms with Gasteiger partial charge >= 0.3 is 35.7 Å². The molecule has 0 bridgehead atoms. The molecule has 0 aliphatic heterocycles. The SMILES string of the molecule is Cc1ccc(S(=O)(=O)n2cc(CN(C)C(=O)O)cc2-c2cccnc2F)cc1F.[NaH]. The zero-order valence-corrected chi connectivity index (χ0v) is 16.3. The van der Waals surface area contributed by atoms with E-state index in [0.717, 1.165) is 14.9 Å². The van der Waals surface area contributed by atoms with Crippen LogP contribution < -0.4 is 0 Å². The molecule has 0 radical (unpaired) electrons. The van der Waals surface area contributed by atoms with Gasteiger partial charge in [-0.2, -0.15) is 4.39 Å². The molecule has 30 heavy (non-hydrogen) atoms. The summed E-state index contributed by atoms with van der Waals surface area (Å²) < 4.78 is 55.4. The van der Waals surface area contributed by atoms with Crippen LogP contribution >= 0.6 is 0 Å². The van der Waals surface area contributed by atoms with E-state index in [4.69, 9.17) is 5.11 Å². The van der Waals surface area contributed by atoms with E-state index >= 15 is 0 Å². The molecule has 7 nitrogen and oxygen atoms in total. The molecule has 154 valence electrons. The maximum absolute atomic E-state index is 14.3. The third kappa shape index (κ3) is 4.72. The molecule has 0 saturated carbocycles. The second-order valence-corrected chi connectivity index (χ2v) is 8.24. The van der Waals surface area contributed by atoms with E-state index in [2.05, 4.69) is 4.98 Å². The van der Waals surface area contributed by atoms with Crippen LogP contribution in [0.15, 0.2) is 53.7 Å². The Hall–Kier alpha value is -2.27. The summed E-state index contributed by atoms with van der Waals surface area (Å²) in [6.07, 6.45) is 1.19. The van der Waals surface area contributed by atoms with Crippen molar-refractivity contribution in [2.75, 3.05) is 7.05 Å². The Morgan fingerprint density at radius 3 is 2.53 bits per heavy atom. The molecular formula is C19H18F2N3NaO4S. The molecule has 0 spiro atoms. The van der Waals surface area contributed by atoms with E-state index in [-0.39, 0.29) is 57.8 Å². The standard InChI is InChI=1S/C19H17F2N3O4S.Na.H/c1-12-5-6-14(9-16(12)20)29(27,28)24-11-13(10-23(2)19(25)26)8-17(24)15-4-3-7-22-18(15)21;;/h3-9,11H,10H2,1-2H3,(H,25,26);;. The van der Waals surface area contributed by atoms with Crippen LogP contribution in [-0.2, 0) is 16.6 Å². The first-order valence-corrected chi connectivity index (χ1v) is 9.83. The van der Waals surface area contributed by atoms with E-state index in [0.29, 0.717) is 5.56 Å². The molecule has 0 aliphatic carbocycles. The van der Waals surface area contributed by atoms with Gasteiger partial charge < -0.3 is 10.0 Å². The van der Waals surface area contributed by atoms with Crippen molar-refractivity contribution in [3.63, 3.8) is 0 Å². The monoisotopic (exact) mass is 445 g/mol. The van der Waals surface area contributed by atoms with Crippen molar-refractivity contribution < 1.29 is 27.1 Å².